The second-order valence-corrected chi connectivity index (χ2v) is 5.37. The maximum absolute atomic E-state index is 13.2. The lowest BCUT2D eigenvalue weighted by molar-refractivity contribution is 0.626. The fourth-order valence-electron chi connectivity index (χ4n) is 2.17. The van der Waals surface area contributed by atoms with Gasteiger partial charge in [-0.3, -0.25) is 4.68 Å². The van der Waals surface area contributed by atoms with E-state index in [1.807, 2.05) is 17.9 Å². The standard InChI is InChI=1S/C14H15ClFN3/c1-19-8-13(14(18-19)9-2-3-9)17-7-10-6-11(16)4-5-12(10)15/h4-6,8-9,17H,2-3,7H2,1H3. The number of nitrogens with one attached hydrogen (secondary N) is 1. The Morgan fingerprint density at radius 2 is 2.26 bits per heavy atom. The van der Waals surface area contributed by atoms with Crippen LogP contribution in [0.3, 0.4) is 0 Å². The molecule has 1 N–H and O–H groups in total. The van der Waals surface area contributed by atoms with Crippen molar-refractivity contribution in [1.82, 2.24) is 9.78 Å². The minimum absolute atomic E-state index is 0.269. The van der Waals surface area contributed by atoms with E-state index in [4.69, 9.17) is 11.6 Å². The van der Waals surface area contributed by atoms with Crippen LogP contribution in [0.25, 0.3) is 0 Å². The lowest BCUT2D eigenvalue weighted by atomic mass is 10.2. The zero-order chi connectivity index (χ0) is 13.4. The molecule has 1 aliphatic rings. The van der Waals surface area contributed by atoms with Gasteiger partial charge in [0, 0.05) is 30.7 Å². The van der Waals surface area contributed by atoms with Gasteiger partial charge in [0.2, 0.25) is 0 Å². The topological polar surface area (TPSA) is 29.9 Å². The largest absolute Gasteiger partial charge is 0.378 e. The third kappa shape index (κ3) is 2.73. The molecule has 0 saturated heterocycles. The van der Waals surface area contributed by atoms with Gasteiger partial charge in [-0.2, -0.15) is 5.10 Å². The molecule has 5 heteroatoms. The molecule has 1 saturated carbocycles. The van der Waals surface area contributed by atoms with Crippen LogP contribution in [0.4, 0.5) is 10.1 Å². The molecule has 1 heterocycles. The molecule has 3 nitrogen and oxygen atoms in total. The number of hydrogen-bond donors (Lipinski definition) is 1. The predicted molar refractivity (Wildman–Crippen MR) is 73.9 cm³/mol. The molecule has 0 aliphatic heterocycles. The first-order chi connectivity index (χ1) is 9.13. The predicted octanol–water partition coefficient (Wildman–Crippen LogP) is 3.70. The molecule has 0 radical (unpaired) electrons. The van der Waals surface area contributed by atoms with Gasteiger partial charge >= 0.3 is 0 Å². The van der Waals surface area contributed by atoms with Crippen LogP contribution in [0, 0.1) is 5.82 Å². The number of aryl methyl sites for hydroxylation is 1. The first kappa shape index (κ1) is 12.5. The summed E-state index contributed by atoms with van der Waals surface area (Å²) < 4.78 is 15.0. The lowest BCUT2D eigenvalue weighted by Crippen LogP contribution is -2.01. The summed E-state index contributed by atoms with van der Waals surface area (Å²) in [4.78, 5) is 0. The number of aromatic nitrogens is 2. The summed E-state index contributed by atoms with van der Waals surface area (Å²) in [7, 11) is 1.91. The van der Waals surface area contributed by atoms with Crippen LogP contribution in [0.5, 0.6) is 0 Å². The van der Waals surface area contributed by atoms with Gasteiger partial charge in [0.1, 0.15) is 5.82 Å². The van der Waals surface area contributed by atoms with Gasteiger partial charge in [0.15, 0.2) is 0 Å². The Morgan fingerprint density at radius 3 is 3.00 bits per heavy atom. The van der Waals surface area contributed by atoms with Crippen molar-refractivity contribution in [1.29, 1.82) is 0 Å². The average Bonchev–Trinajstić information content (AvgIpc) is 3.15. The van der Waals surface area contributed by atoms with E-state index < -0.39 is 0 Å². The Balaban J connectivity index is 1.77. The van der Waals surface area contributed by atoms with Crippen molar-refractivity contribution in [2.75, 3.05) is 5.32 Å². The number of hydrogen-bond acceptors (Lipinski definition) is 2. The summed E-state index contributed by atoms with van der Waals surface area (Å²) in [6.07, 6.45) is 4.36. The van der Waals surface area contributed by atoms with Crippen LogP contribution in [0.1, 0.15) is 30.0 Å². The molecule has 19 heavy (non-hydrogen) atoms. The Kier molecular flexibility index (Phi) is 3.19. The molecule has 3 rings (SSSR count). The SMILES string of the molecule is Cn1cc(NCc2cc(F)ccc2Cl)c(C2CC2)n1. The molecule has 1 aromatic carbocycles. The molecule has 0 amide bonds. The number of rotatable bonds is 4. The van der Waals surface area contributed by atoms with Crippen molar-refractivity contribution in [2.45, 2.75) is 25.3 Å². The molecule has 1 aromatic heterocycles. The molecular weight excluding hydrogens is 265 g/mol. The number of benzene rings is 1. The molecule has 0 atom stereocenters. The van der Waals surface area contributed by atoms with Crippen LogP contribution in [0.2, 0.25) is 5.02 Å². The summed E-state index contributed by atoms with van der Waals surface area (Å²) in [5.41, 5.74) is 2.88. The van der Waals surface area contributed by atoms with Crippen LogP contribution in [-0.2, 0) is 13.6 Å². The van der Waals surface area contributed by atoms with Crippen LogP contribution < -0.4 is 5.32 Å². The van der Waals surface area contributed by atoms with Gasteiger partial charge in [-0.25, -0.2) is 4.39 Å². The van der Waals surface area contributed by atoms with Crippen molar-refractivity contribution >= 4 is 17.3 Å². The fourth-order valence-corrected chi connectivity index (χ4v) is 2.35. The molecular formula is C14H15ClFN3. The van der Waals surface area contributed by atoms with Crippen molar-refractivity contribution < 1.29 is 4.39 Å². The summed E-state index contributed by atoms with van der Waals surface area (Å²) in [5.74, 6) is 0.307. The quantitative estimate of drug-likeness (QED) is 0.925. The van der Waals surface area contributed by atoms with E-state index in [9.17, 15) is 4.39 Å². The van der Waals surface area contributed by atoms with Crippen LogP contribution in [0.15, 0.2) is 24.4 Å². The molecule has 2 aromatic rings. The lowest BCUT2D eigenvalue weighted by Gasteiger charge is -2.08. The van der Waals surface area contributed by atoms with Crippen molar-refractivity contribution in [3.63, 3.8) is 0 Å². The summed E-state index contributed by atoms with van der Waals surface area (Å²) in [5, 5.41) is 8.35. The summed E-state index contributed by atoms with van der Waals surface area (Å²) >= 11 is 6.05. The van der Waals surface area contributed by atoms with Crippen LogP contribution in [-0.4, -0.2) is 9.78 Å². The Bertz CT molecular complexity index is 605. The molecule has 0 bridgehead atoms. The second kappa shape index (κ2) is 4.85. The third-order valence-corrected chi connectivity index (χ3v) is 3.67. The van der Waals surface area contributed by atoms with Crippen molar-refractivity contribution in [3.8, 4) is 0 Å². The second-order valence-electron chi connectivity index (χ2n) is 4.97. The van der Waals surface area contributed by atoms with Gasteiger partial charge in [0.25, 0.3) is 0 Å². The van der Waals surface area contributed by atoms with E-state index in [0.717, 1.165) is 16.9 Å². The van der Waals surface area contributed by atoms with E-state index >= 15 is 0 Å². The molecule has 1 fully saturated rings. The highest BCUT2D eigenvalue weighted by molar-refractivity contribution is 6.31. The Morgan fingerprint density at radius 1 is 1.47 bits per heavy atom. The van der Waals surface area contributed by atoms with Gasteiger partial charge < -0.3 is 5.32 Å². The highest BCUT2D eigenvalue weighted by atomic mass is 35.5. The highest BCUT2D eigenvalue weighted by Crippen LogP contribution is 2.42. The minimum Gasteiger partial charge on any atom is -0.378 e. The number of anilines is 1. The molecule has 100 valence electrons. The van der Waals surface area contributed by atoms with E-state index in [1.165, 1.54) is 25.0 Å². The van der Waals surface area contributed by atoms with E-state index in [1.54, 1.807) is 6.07 Å². The van der Waals surface area contributed by atoms with Gasteiger partial charge in [-0.1, -0.05) is 11.6 Å². The first-order valence-electron chi connectivity index (χ1n) is 6.35. The molecule has 1 aliphatic carbocycles. The minimum atomic E-state index is -0.269. The summed E-state index contributed by atoms with van der Waals surface area (Å²) in [6, 6.07) is 4.41. The third-order valence-electron chi connectivity index (χ3n) is 3.30. The normalized spacial score (nSPS) is 14.7. The molecule has 0 unspecified atom stereocenters. The number of halogens is 2. The van der Waals surface area contributed by atoms with E-state index in [0.29, 0.717) is 17.5 Å². The average molecular weight is 280 g/mol. The van der Waals surface area contributed by atoms with Gasteiger partial charge in [-0.15, -0.1) is 0 Å². The monoisotopic (exact) mass is 279 g/mol. The van der Waals surface area contributed by atoms with E-state index in [-0.39, 0.29) is 5.82 Å². The first-order valence-corrected chi connectivity index (χ1v) is 6.72. The highest BCUT2D eigenvalue weighted by Gasteiger charge is 2.29. The maximum atomic E-state index is 13.2. The van der Waals surface area contributed by atoms with Crippen molar-refractivity contribution in [3.05, 3.63) is 46.5 Å². The van der Waals surface area contributed by atoms with E-state index in [2.05, 4.69) is 10.4 Å². The Hall–Kier alpha value is -1.55. The van der Waals surface area contributed by atoms with Crippen LogP contribution >= 0.6 is 11.6 Å². The van der Waals surface area contributed by atoms with Gasteiger partial charge in [0.05, 0.1) is 11.4 Å². The molecule has 0 spiro atoms. The maximum Gasteiger partial charge on any atom is 0.123 e. The smallest absolute Gasteiger partial charge is 0.123 e. The zero-order valence-electron chi connectivity index (χ0n) is 10.7. The number of nitrogens with zero attached hydrogens (tertiary/aromatic N) is 2. The Labute approximate surface area is 116 Å². The zero-order valence-corrected chi connectivity index (χ0v) is 11.4. The van der Waals surface area contributed by atoms with Gasteiger partial charge in [-0.05, 0) is 36.6 Å². The summed E-state index contributed by atoms with van der Waals surface area (Å²) in [6.45, 7) is 0.502. The van der Waals surface area contributed by atoms with Crippen molar-refractivity contribution in [2.24, 2.45) is 7.05 Å². The fraction of sp³-hybridized carbons (Fsp3) is 0.357.